The average Bonchev–Trinajstić information content (AvgIpc) is 3.19. The van der Waals surface area contributed by atoms with Gasteiger partial charge in [0, 0.05) is 37.4 Å². The molecule has 8 nitrogen and oxygen atoms in total. The number of hydrogen-bond donors (Lipinski definition) is 0. The zero-order chi connectivity index (χ0) is 21.0. The quantitative estimate of drug-likeness (QED) is 0.742. The molecular formula is C20H25ClN4O4. The Bertz CT molecular complexity index is 867. The molecule has 2 heterocycles. The van der Waals surface area contributed by atoms with Crippen molar-refractivity contribution in [2.45, 2.75) is 27.5 Å². The Kier molecular flexibility index (Phi) is 6.64. The van der Waals surface area contributed by atoms with E-state index in [1.54, 1.807) is 33.7 Å². The number of amides is 2. The van der Waals surface area contributed by atoms with Crippen LogP contribution in [0.5, 0.6) is 5.75 Å². The fraction of sp³-hybridized carbons (Fsp3) is 0.450. The number of aromatic nitrogens is 2. The van der Waals surface area contributed by atoms with Crippen LogP contribution in [-0.2, 0) is 11.5 Å². The molecule has 1 aliphatic heterocycles. The van der Waals surface area contributed by atoms with Crippen molar-refractivity contribution in [2.75, 3.05) is 32.8 Å². The highest BCUT2D eigenvalue weighted by atomic mass is 35.5. The summed E-state index contributed by atoms with van der Waals surface area (Å²) in [5.74, 6) is 0.535. The minimum absolute atomic E-state index is 0.162. The summed E-state index contributed by atoms with van der Waals surface area (Å²) in [6.45, 7) is 7.94. The molecule has 1 saturated heterocycles. The van der Waals surface area contributed by atoms with Crippen LogP contribution < -0.4 is 4.74 Å². The topological polar surface area (TPSA) is 76.9 Å². The lowest BCUT2D eigenvalue weighted by Gasteiger charge is -2.33. The number of carbonyl (C=O) groups excluding carboxylic acids is 2. The van der Waals surface area contributed by atoms with Crippen LogP contribution in [0.4, 0.5) is 4.79 Å². The molecule has 1 aliphatic rings. The number of hydrogen-bond acceptors (Lipinski definition) is 5. The molecule has 0 saturated carbocycles. The molecule has 0 radical (unpaired) electrons. The molecular weight excluding hydrogens is 396 g/mol. The molecule has 156 valence electrons. The highest BCUT2D eigenvalue weighted by Gasteiger charge is 2.26. The predicted molar refractivity (Wildman–Crippen MR) is 108 cm³/mol. The first-order chi connectivity index (χ1) is 13.9. The van der Waals surface area contributed by atoms with Crippen molar-refractivity contribution in [3.05, 3.63) is 46.2 Å². The van der Waals surface area contributed by atoms with Gasteiger partial charge in [0.25, 0.3) is 5.91 Å². The van der Waals surface area contributed by atoms with Gasteiger partial charge >= 0.3 is 6.09 Å². The lowest BCUT2D eigenvalue weighted by atomic mass is 10.1. The third-order valence-electron chi connectivity index (χ3n) is 4.73. The summed E-state index contributed by atoms with van der Waals surface area (Å²) in [5, 5.41) is 5.04. The summed E-state index contributed by atoms with van der Waals surface area (Å²) in [6, 6.07) is 5.41. The normalized spacial score (nSPS) is 14.1. The van der Waals surface area contributed by atoms with Crippen LogP contribution >= 0.6 is 11.6 Å². The molecule has 9 heteroatoms. The molecule has 3 rings (SSSR count). The summed E-state index contributed by atoms with van der Waals surface area (Å²) >= 11 is 6.18. The number of benzene rings is 1. The third kappa shape index (κ3) is 5.00. The van der Waals surface area contributed by atoms with E-state index in [-0.39, 0.29) is 18.7 Å². The van der Waals surface area contributed by atoms with Gasteiger partial charge in [-0.3, -0.25) is 4.79 Å². The lowest BCUT2D eigenvalue weighted by molar-refractivity contribution is 0.0564. The molecule has 1 aromatic carbocycles. The summed E-state index contributed by atoms with van der Waals surface area (Å²) in [6.07, 6.45) is 1.37. The molecule has 2 aromatic rings. The first-order valence-electron chi connectivity index (χ1n) is 9.53. The highest BCUT2D eigenvalue weighted by molar-refractivity contribution is 6.32. The maximum atomic E-state index is 12.7. The lowest BCUT2D eigenvalue weighted by Crippen LogP contribution is -2.50. The van der Waals surface area contributed by atoms with Crippen molar-refractivity contribution < 1.29 is 19.1 Å². The van der Waals surface area contributed by atoms with Crippen LogP contribution in [0.2, 0.25) is 5.02 Å². The van der Waals surface area contributed by atoms with E-state index >= 15 is 0 Å². The number of aryl methyl sites for hydroxylation is 2. The van der Waals surface area contributed by atoms with Gasteiger partial charge < -0.3 is 19.3 Å². The number of carbonyl (C=O) groups is 2. The number of piperazine rings is 1. The van der Waals surface area contributed by atoms with E-state index in [1.807, 2.05) is 26.0 Å². The average molecular weight is 421 g/mol. The largest absolute Gasteiger partial charge is 0.471 e. The summed E-state index contributed by atoms with van der Waals surface area (Å²) in [7, 11) is 0. The van der Waals surface area contributed by atoms with Crippen molar-refractivity contribution in [1.29, 1.82) is 0 Å². The van der Waals surface area contributed by atoms with Gasteiger partial charge in [0.2, 0.25) is 0 Å². The second-order valence-electron chi connectivity index (χ2n) is 6.86. The maximum absolute atomic E-state index is 12.7. The third-order valence-corrected chi connectivity index (χ3v) is 5.32. The first-order valence-corrected chi connectivity index (χ1v) is 9.90. The van der Waals surface area contributed by atoms with Crippen LogP contribution in [0.1, 0.15) is 28.5 Å². The van der Waals surface area contributed by atoms with E-state index in [4.69, 9.17) is 21.1 Å². The van der Waals surface area contributed by atoms with Crippen molar-refractivity contribution in [1.82, 2.24) is 19.6 Å². The van der Waals surface area contributed by atoms with Crippen LogP contribution in [0, 0.1) is 13.8 Å². The monoisotopic (exact) mass is 420 g/mol. The first kappa shape index (κ1) is 21.0. The van der Waals surface area contributed by atoms with Gasteiger partial charge in [0.1, 0.15) is 5.75 Å². The Balaban J connectivity index is 1.55. The fourth-order valence-electron chi connectivity index (χ4n) is 3.15. The Labute approximate surface area is 174 Å². The van der Waals surface area contributed by atoms with E-state index in [0.29, 0.717) is 44.2 Å². The van der Waals surface area contributed by atoms with Gasteiger partial charge in [-0.2, -0.15) is 5.10 Å². The van der Waals surface area contributed by atoms with Gasteiger partial charge in [-0.15, -0.1) is 0 Å². The van der Waals surface area contributed by atoms with Crippen molar-refractivity contribution >= 4 is 23.6 Å². The Morgan fingerprint density at radius 3 is 2.34 bits per heavy atom. The summed E-state index contributed by atoms with van der Waals surface area (Å²) in [4.78, 5) is 27.7. The van der Waals surface area contributed by atoms with Gasteiger partial charge in [-0.25, -0.2) is 9.48 Å². The van der Waals surface area contributed by atoms with Gasteiger partial charge in [-0.05, 0) is 50.1 Å². The molecule has 0 atom stereocenters. The van der Waals surface area contributed by atoms with E-state index in [2.05, 4.69) is 5.10 Å². The van der Waals surface area contributed by atoms with Crippen LogP contribution in [0.15, 0.2) is 24.4 Å². The number of ether oxygens (including phenoxy) is 2. The summed E-state index contributed by atoms with van der Waals surface area (Å²) in [5.41, 5.74) is 2.24. The van der Waals surface area contributed by atoms with Crippen molar-refractivity contribution in [2.24, 2.45) is 0 Å². The second-order valence-corrected chi connectivity index (χ2v) is 7.24. The van der Waals surface area contributed by atoms with E-state index in [0.717, 1.165) is 16.1 Å². The Morgan fingerprint density at radius 1 is 1.10 bits per heavy atom. The van der Waals surface area contributed by atoms with Gasteiger partial charge in [-0.1, -0.05) is 11.6 Å². The van der Waals surface area contributed by atoms with Gasteiger partial charge in [0.05, 0.1) is 6.61 Å². The second kappa shape index (κ2) is 9.17. The highest BCUT2D eigenvalue weighted by Crippen LogP contribution is 2.26. The number of rotatable bonds is 5. The van der Waals surface area contributed by atoms with Crippen LogP contribution in [-0.4, -0.2) is 64.4 Å². The number of nitrogens with zero attached hydrogens (tertiary/aromatic N) is 4. The minimum Gasteiger partial charge on any atom is -0.471 e. The van der Waals surface area contributed by atoms with Gasteiger partial charge in [0.15, 0.2) is 12.4 Å². The van der Waals surface area contributed by atoms with Crippen LogP contribution in [0.3, 0.4) is 0 Å². The van der Waals surface area contributed by atoms with Crippen molar-refractivity contribution in [3.63, 3.8) is 0 Å². The predicted octanol–water partition coefficient (Wildman–Crippen LogP) is 3.10. The standard InChI is InChI=1S/C20H25ClN4O4/c1-4-28-20(27)24-9-7-23(8-10-24)19(26)17-5-6-25(22-17)13-29-16-11-14(2)18(21)15(3)12-16/h5-6,11-12H,4,7-10,13H2,1-3H3. The smallest absolute Gasteiger partial charge is 0.409 e. The molecule has 0 unspecified atom stereocenters. The molecule has 0 aliphatic carbocycles. The Morgan fingerprint density at radius 2 is 1.72 bits per heavy atom. The fourth-order valence-corrected chi connectivity index (χ4v) is 3.26. The van der Waals surface area contributed by atoms with E-state index in [1.165, 1.54) is 0 Å². The summed E-state index contributed by atoms with van der Waals surface area (Å²) < 4.78 is 12.3. The SMILES string of the molecule is CCOC(=O)N1CCN(C(=O)c2ccn(COc3cc(C)c(Cl)c(C)c3)n2)CC1. The molecule has 2 amide bonds. The molecule has 0 bridgehead atoms. The van der Waals surface area contributed by atoms with E-state index < -0.39 is 0 Å². The molecule has 29 heavy (non-hydrogen) atoms. The van der Waals surface area contributed by atoms with Crippen molar-refractivity contribution in [3.8, 4) is 5.75 Å². The molecule has 0 N–H and O–H groups in total. The molecule has 0 spiro atoms. The number of halogens is 1. The Hall–Kier alpha value is -2.74. The van der Waals surface area contributed by atoms with E-state index in [9.17, 15) is 9.59 Å². The molecule has 1 fully saturated rings. The zero-order valence-corrected chi connectivity index (χ0v) is 17.6. The zero-order valence-electron chi connectivity index (χ0n) is 16.9. The molecule has 1 aromatic heterocycles. The maximum Gasteiger partial charge on any atom is 0.409 e. The van der Waals surface area contributed by atoms with Crippen LogP contribution in [0.25, 0.3) is 0 Å². The minimum atomic E-state index is -0.339.